The Morgan fingerprint density at radius 2 is 1.88 bits per heavy atom. The summed E-state index contributed by atoms with van der Waals surface area (Å²) in [6.45, 7) is 10.7. The van der Waals surface area contributed by atoms with Gasteiger partial charge in [0.15, 0.2) is 0 Å². The molecule has 1 fully saturated rings. The number of hydrogen-bond acceptors (Lipinski definition) is 4. The maximum atomic E-state index is 12.7. The molecule has 0 saturated carbocycles. The molecule has 0 aliphatic carbocycles. The number of amides is 1. The standard InChI is InChI=1S/C19H30N2O2S/c1-15(2)18(24-14-17-7-5-4-6-8-17)19(22)20-16(3)13-21-9-11-23-12-10-21/h4-8,15-16,18H,9-14H2,1-3H3,(H,20,22). The zero-order valence-electron chi connectivity index (χ0n) is 15.0. The van der Waals surface area contributed by atoms with Crippen molar-refractivity contribution in [3.8, 4) is 0 Å². The summed E-state index contributed by atoms with van der Waals surface area (Å²) < 4.78 is 5.37. The first-order chi connectivity index (χ1) is 11.6. The molecule has 1 aliphatic rings. The van der Waals surface area contributed by atoms with Gasteiger partial charge in [-0.2, -0.15) is 0 Å². The quantitative estimate of drug-likeness (QED) is 0.783. The molecule has 1 aromatic carbocycles. The molecule has 2 rings (SSSR count). The van der Waals surface area contributed by atoms with Gasteiger partial charge < -0.3 is 10.1 Å². The van der Waals surface area contributed by atoms with Crippen molar-refractivity contribution in [1.82, 2.24) is 10.2 Å². The van der Waals surface area contributed by atoms with E-state index in [1.54, 1.807) is 11.8 Å². The largest absolute Gasteiger partial charge is 0.379 e. The zero-order valence-corrected chi connectivity index (χ0v) is 15.8. The van der Waals surface area contributed by atoms with E-state index in [-0.39, 0.29) is 17.2 Å². The van der Waals surface area contributed by atoms with Crippen molar-refractivity contribution >= 4 is 17.7 Å². The number of nitrogens with zero attached hydrogens (tertiary/aromatic N) is 1. The van der Waals surface area contributed by atoms with E-state index in [0.29, 0.717) is 5.92 Å². The van der Waals surface area contributed by atoms with E-state index in [9.17, 15) is 4.79 Å². The Hall–Kier alpha value is -1.04. The second-order valence-corrected chi connectivity index (χ2v) is 7.91. The molecule has 2 unspecified atom stereocenters. The Morgan fingerprint density at radius 1 is 1.21 bits per heavy atom. The minimum absolute atomic E-state index is 0.0163. The summed E-state index contributed by atoms with van der Waals surface area (Å²) in [4.78, 5) is 15.0. The van der Waals surface area contributed by atoms with Gasteiger partial charge in [-0.15, -0.1) is 11.8 Å². The number of rotatable bonds is 8. The molecular weight excluding hydrogens is 320 g/mol. The van der Waals surface area contributed by atoms with E-state index in [4.69, 9.17) is 4.74 Å². The molecule has 1 saturated heterocycles. The molecule has 2 atom stereocenters. The van der Waals surface area contributed by atoms with Gasteiger partial charge in [-0.05, 0) is 18.4 Å². The van der Waals surface area contributed by atoms with Crippen molar-refractivity contribution in [2.24, 2.45) is 5.92 Å². The highest BCUT2D eigenvalue weighted by molar-refractivity contribution is 7.99. The van der Waals surface area contributed by atoms with Crippen molar-refractivity contribution in [1.29, 1.82) is 0 Å². The molecule has 4 nitrogen and oxygen atoms in total. The van der Waals surface area contributed by atoms with E-state index in [2.05, 4.69) is 43.1 Å². The molecule has 0 radical (unpaired) electrons. The average molecular weight is 351 g/mol. The molecule has 0 spiro atoms. The number of ether oxygens (including phenoxy) is 1. The van der Waals surface area contributed by atoms with Crippen molar-refractivity contribution < 1.29 is 9.53 Å². The van der Waals surface area contributed by atoms with Crippen LogP contribution in [0.25, 0.3) is 0 Å². The predicted molar refractivity (Wildman–Crippen MR) is 101 cm³/mol. The summed E-state index contributed by atoms with van der Waals surface area (Å²) in [5.41, 5.74) is 1.27. The van der Waals surface area contributed by atoms with Crippen LogP contribution < -0.4 is 5.32 Å². The van der Waals surface area contributed by atoms with Crippen molar-refractivity contribution in [2.75, 3.05) is 32.8 Å². The fourth-order valence-corrected chi connectivity index (χ4v) is 4.04. The van der Waals surface area contributed by atoms with Crippen LogP contribution in [0.2, 0.25) is 0 Å². The van der Waals surface area contributed by atoms with E-state index >= 15 is 0 Å². The Balaban J connectivity index is 1.81. The van der Waals surface area contributed by atoms with Crippen LogP contribution in [0.4, 0.5) is 0 Å². The molecule has 1 N–H and O–H groups in total. The van der Waals surface area contributed by atoms with Gasteiger partial charge in [-0.1, -0.05) is 44.2 Å². The first kappa shape index (κ1) is 19.3. The maximum Gasteiger partial charge on any atom is 0.233 e. The van der Waals surface area contributed by atoms with E-state index < -0.39 is 0 Å². The number of morpholine rings is 1. The van der Waals surface area contributed by atoms with Crippen LogP contribution in [-0.2, 0) is 15.3 Å². The number of thioether (sulfide) groups is 1. The Kier molecular flexibility index (Phi) is 8.09. The highest BCUT2D eigenvalue weighted by Crippen LogP contribution is 2.24. The fraction of sp³-hybridized carbons (Fsp3) is 0.632. The first-order valence-electron chi connectivity index (χ1n) is 8.82. The number of carbonyl (C=O) groups is 1. The summed E-state index contributed by atoms with van der Waals surface area (Å²) in [5, 5.41) is 3.19. The summed E-state index contributed by atoms with van der Waals surface area (Å²) >= 11 is 1.73. The molecule has 1 aliphatic heterocycles. The van der Waals surface area contributed by atoms with Crippen LogP contribution in [0, 0.1) is 5.92 Å². The number of benzene rings is 1. The van der Waals surface area contributed by atoms with Crippen LogP contribution in [0.15, 0.2) is 30.3 Å². The zero-order chi connectivity index (χ0) is 17.4. The molecule has 5 heteroatoms. The van der Waals surface area contributed by atoms with E-state index in [1.807, 2.05) is 18.2 Å². The third-order valence-corrected chi connectivity index (χ3v) is 5.78. The Labute approximate surface area is 150 Å². The van der Waals surface area contributed by atoms with Gasteiger partial charge in [0.25, 0.3) is 0 Å². The predicted octanol–water partition coefficient (Wildman–Crippen LogP) is 2.78. The summed E-state index contributed by atoms with van der Waals surface area (Å²) in [5.74, 6) is 1.34. The molecule has 1 amide bonds. The SMILES string of the molecule is CC(CN1CCOCC1)NC(=O)C(SCc1ccccc1)C(C)C. The third kappa shape index (κ3) is 6.46. The minimum Gasteiger partial charge on any atom is -0.379 e. The van der Waals surface area contributed by atoms with Gasteiger partial charge in [-0.25, -0.2) is 0 Å². The first-order valence-corrected chi connectivity index (χ1v) is 9.87. The lowest BCUT2D eigenvalue weighted by Crippen LogP contribution is -2.48. The lowest BCUT2D eigenvalue weighted by molar-refractivity contribution is -0.122. The highest BCUT2D eigenvalue weighted by Gasteiger charge is 2.24. The molecule has 134 valence electrons. The molecular formula is C19H30N2O2S. The lowest BCUT2D eigenvalue weighted by atomic mass is 10.1. The smallest absolute Gasteiger partial charge is 0.233 e. The average Bonchev–Trinajstić information content (AvgIpc) is 2.56. The van der Waals surface area contributed by atoms with Gasteiger partial charge in [0, 0.05) is 31.4 Å². The summed E-state index contributed by atoms with van der Waals surface area (Å²) in [7, 11) is 0. The van der Waals surface area contributed by atoms with Crippen molar-refractivity contribution in [2.45, 2.75) is 37.8 Å². The molecule has 1 heterocycles. The Bertz CT molecular complexity index is 489. The molecule has 24 heavy (non-hydrogen) atoms. The third-order valence-electron chi connectivity index (χ3n) is 4.16. The molecule has 0 aromatic heterocycles. The van der Waals surface area contributed by atoms with Crippen molar-refractivity contribution in [3.63, 3.8) is 0 Å². The van der Waals surface area contributed by atoms with Gasteiger partial charge in [0.2, 0.25) is 5.91 Å². The highest BCUT2D eigenvalue weighted by atomic mass is 32.2. The number of nitrogens with one attached hydrogen (secondary N) is 1. The fourth-order valence-electron chi connectivity index (χ4n) is 2.87. The molecule has 0 bridgehead atoms. The van der Waals surface area contributed by atoms with Gasteiger partial charge in [0.1, 0.15) is 0 Å². The van der Waals surface area contributed by atoms with E-state index in [1.165, 1.54) is 5.56 Å². The second kappa shape index (κ2) is 10.1. The Morgan fingerprint density at radius 3 is 2.50 bits per heavy atom. The maximum absolute atomic E-state index is 12.7. The normalized spacial score (nSPS) is 18.3. The second-order valence-electron chi connectivity index (χ2n) is 6.78. The van der Waals surface area contributed by atoms with Gasteiger partial charge in [0.05, 0.1) is 18.5 Å². The van der Waals surface area contributed by atoms with Crippen molar-refractivity contribution in [3.05, 3.63) is 35.9 Å². The van der Waals surface area contributed by atoms with Crippen LogP contribution in [-0.4, -0.2) is 54.9 Å². The van der Waals surface area contributed by atoms with Crippen LogP contribution >= 0.6 is 11.8 Å². The monoisotopic (exact) mass is 350 g/mol. The number of hydrogen-bond donors (Lipinski definition) is 1. The topological polar surface area (TPSA) is 41.6 Å². The summed E-state index contributed by atoms with van der Waals surface area (Å²) in [6, 6.07) is 10.5. The summed E-state index contributed by atoms with van der Waals surface area (Å²) in [6.07, 6.45) is 0. The van der Waals surface area contributed by atoms with Crippen LogP contribution in [0.3, 0.4) is 0 Å². The van der Waals surface area contributed by atoms with Crippen LogP contribution in [0.5, 0.6) is 0 Å². The van der Waals surface area contributed by atoms with E-state index in [0.717, 1.165) is 38.6 Å². The van der Waals surface area contributed by atoms with Crippen LogP contribution in [0.1, 0.15) is 26.3 Å². The minimum atomic E-state index is -0.0163. The number of carbonyl (C=O) groups excluding carboxylic acids is 1. The van der Waals surface area contributed by atoms with Gasteiger partial charge in [-0.3, -0.25) is 9.69 Å². The van der Waals surface area contributed by atoms with Gasteiger partial charge >= 0.3 is 0 Å². The lowest BCUT2D eigenvalue weighted by Gasteiger charge is -2.30. The molecule has 1 aromatic rings.